The number of rotatable bonds is 4. The molecule has 21 heavy (non-hydrogen) atoms. The molecule has 4 heteroatoms. The number of nitrogens with zero attached hydrogens (tertiary/aromatic N) is 1. The van der Waals surface area contributed by atoms with Gasteiger partial charge in [-0.15, -0.1) is 12.3 Å². The average Bonchev–Trinajstić information content (AvgIpc) is 2.46. The molecule has 1 nitrogen and oxygen atoms in total. The van der Waals surface area contributed by atoms with Crippen LogP contribution in [0.25, 0.3) is 0 Å². The molecule has 1 aromatic rings. The highest BCUT2D eigenvalue weighted by Crippen LogP contribution is 2.29. The summed E-state index contributed by atoms with van der Waals surface area (Å²) in [5.74, 6) is 2.66. The Bertz CT molecular complexity index is 484. The second-order valence-electron chi connectivity index (χ2n) is 5.54. The first-order chi connectivity index (χ1) is 10.0. The molecule has 1 fully saturated rings. The predicted molar refractivity (Wildman–Crippen MR) is 77.8 cm³/mol. The zero-order chi connectivity index (χ0) is 15.3. The molecule has 1 atom stereocenters. The Morgan fingerprint density at radius 2 is 1.90 bits per heavy atom. The van der Waals surface area contributed by atoms with Crippen molar-refractivity contribution in [3.63, 3.8) is 0 Å². The van der Waals surface area contributed by atoms with Gasteiger partial charge in [0.25, 0.3) is 0 Å². The van der Waals surface area contributed by atoms with Crippen LogP contribution >= 0.6 is 0 Å². The highest BCUT2D eigenvalue weighted by molar-refractivity contribution is 5.25. The van der Waals surface area contributed by atoms with Gasteiger partial charge in [-0.05, 0) is 43.5 Å². The Balaban J connectivity index is 2.00. The van der Waals surface area contributed by atoms with Crippen LogP contribution in [0.1, 0.15) is 36.8 Å². The first-order valence-corrected chi connectivity index (χ1v) is 7.34. The lowest BCUT2D eigenvalue weighted by molar-refractivity contribution is -0.137. The maximum Gasteiger partial charge on any atom is 0.416 e. The second-order valence-corrected chi connectivity index (χ2v) is 5.54. The van der Waals surface area contributed by atoms with Crippen LogP contribution in [0.3, 0.4) is 0 Å². The highest BCUT2D eigenvalue weighted by Gasteiger charge is 2.30. The lowest BCUT2D eigenvalue weighted by atomic mass is 9.95. The number of benzene rings is 1. The van der Waals surface area contributed by atoms with E-state index in [2.05, 4.69) is 10.8 Å². The summed E-state index contributed by atoms with van der Waals surface area (Å²) in [6.07, 6.45) is 6.02. The number of likely N-dealkylation sites (tertiary alicyclic amines) is 1. The molecule has 1 aliphatic rings. The van der Waals surface area contributed by atoms with E-state index in [0.717, 1.165) is 37.9 Å². The van der Waals surface area contributed by atoms with Crippen molar-refractivity contribution in [1.29, 1.82) is 0 Å². The molecular formula is C17H20F3N. The van der Waals surface area contributed by atoms with E-state index in [1.54, 1.807) is 12.1 Å². The fourth-order valence-corrected chi connectivity index (χ4v) is 2.90. The van der Waals surface area contributed by atoms with Gasteiger partial charge in [-0.3, -0.25) is 4.90 Å². The van der Waals surface area contributed by atoms with Crippen LogP contribution < -0.4 is 0 Å². The Morgan fingerprint density at radius 1 is 1.19 bits per heavy atom. The van der Waals surface area contributed by atoms with Gasteiger partial charge in [-0.2, -0.15) is 13.2 Å². The Hall–Kier alpha value is -1.47. The zero-order valence-corrected chi connectivity index (χ0v) is 12.0. The molecule has 2 rings (SSSR count). The van der Waals surface area contributed by atoms with E-state index in [9.17, 15) is 13.2 Å². The Kier molecular flexibility index (Phi) is 5.30. The van der Waals surface area contributed by atoms with Gasteiger partial charge in [0, 0.05) is 19.0 Å². The molecule has 0 N–H and O–H groups in total. The molecule has 1 unspecified atom stereocenters. The molecule has 1 aromatic carbocycles. The van der Waals surface area contributed by atoms with E-state index in [4.69, 9.17) is 6.42 Å². The molecular weight excluding hydrogens is 275 g/mol. The van der Waals surface area contributed by atoms with Crippen LogP contribution in [-0.4, -0.2) is 24.0 Å². The number of alkyl halides is 3. The van der Waals surface area contributed by atoms with Crippen molar-refractivity contribution in [3.05, 3.63) is 35.4 Å². The molecule has 1 saturated heterocycles. The maximum absolute atomic E-state index is 12.6. The summed E-state index contributed by atoms with van der Waals surface area (Å²) in [5, 5.41) is 0. The van der Waals surface area contributed by atoms with Crippen LogP contribution in [0.5, 0.6) is 0 Å². The quantitative estimate of drug-likeness (QED) is 0.755. The maximum atomic E-state index is 12.6. The van der Waals surface area contributed by atoms with Gasteiger partial charge in [-0.1, -0.05) is 18.6 Å². The SMILES string of the molecule is C#CCCN1CCCCC1Cc1ccc(C(F)(F)F)cc1. The number of halogens is 3. The van der Waals surface area contributed by atoms with Crippen LogP contribution in [0.2, 0.25) is 0 Å². The van der Waals surface area contributed by atoms with E-state index in [1.807, 2.05) is 0 Å². The van der Waals surface area contributed by atoms with Crippen molar-refractivity contribution in [2.45, 2.75) is 44.3 Å². The van der Waals surface area contributed by atoms with Crippen molar-refractivity contribution < 1.29 is 13.2 Å². The van der Waals surface area contributed by atoms with E-state index in [1.165, 1.54) is 25.0 Å². The molecule has 0 saturated carbocycles. The predicted octanol–water partition coefficient (Wildman–Crippen LogP) is 4.13. The summed E-state index contributed by atoms with van der Waals surface area (Å²) in [6.45, 7) is 1.91. The molecule has 0 spiro atoms. The summed E-state index contributed by atoms with van der Waals surface area (Å²) in [4.78, 5) is 2.38. The van der Waals surface area contributed by atoms with E-state index in [-0.39, 0.29) is 0 Å². The minimum absolute atomic E-state index is 0.392. The summed E-state index contributed by atoms with van der Waals surface area (Å²) < 4.78 is 37.7. The van der Waals surface area contributed by atoms with Gasteiger partial charge in [-0.25, -0.2) is 0 Å². The smallest absolute Gasteiger partial charge is 0.299 e. The monoisotopic (exact) mass is 295 g/mol. The third-order valence-electron chi connectivity index (χ3n) is 4.05. The van der Waals surface area contributed by atoms with E-state index in [0.29, 0.717) is 6.04 Å². The Morgan fingerprint density at radius 3 is 2.52 bits per heavy atom. The molecule has 0 aromatic heterocycles. The molecule has 114 valence electrons. The second kappa shape index (κ2) is 7.00. The van der Waals surface area contributed by atoms with Gasteiger partial charge in [0.05, 0.1) is 5.56 Å². The summed E-state index contributed by atoms with van der Waals surface area (Å²) in [5.41, 5.74) is 0.375. The first kappa shape index (κ1) is 15.9. The summed E-state index contributed by atoms with van der Waals surface area (Å²) >= 11 is 0. The minimum Gasteiger partial charge on any atom is -0.299 e. The van der Waals surface area contributed by atoms with Crippen molar-refractivity contribution in [1.82, 2.24) is 4.90 Å². The van der Waals surface area contributed by atoms with Crippen molar-refractivity contribution in [3.8, 4) is 12.3 Å². The van der Waals surface area contributed by atoms with Crippen molar-refractivity contribution in [2.24, 2.45) is 0 Å². The summed E-state index contributed by atoms with van der Waals surface area (Å²) in [7, 11) is 0. The number of piperidine rings is 1. The van der Waals surface area contributed by atoms with E-state index >= 15 is 0 Å². The van der Waals surface area contributed by atoms with Gasteiger partial charge >= 0.3 is 6.18 Å². The fraction of sp³-hybridized carbons (Fsp3) is 0.529. The molecule has 0 amide bonds. The van der Waals surface area contributed by atoms with Crippen molar-refractivity contribution in [2.75, 3.05) is 13.1 Å². The van der Waals surface area contributed by atoms with Gasteiger partial charge < -0.3 is 0 Å². The lowest BCUT2D eigenvalue weighted by Gasteiger charge is -2.35. The number of terminal acetylenes is 1. The zero-order valence-electron chi connectivity index (χ0n) is 12.0. The first-order valence-electron chi connectivity index (χ1n) is 7.34. The highest BCUT2D eigenvalue weighted by atomic mass is 19.4. The van der Waals surface area contributed by atoms with Crippen LogP contribution in [-0.2, 0) is 12.6 Å². The Labute approximate surface area is 124 Å². The lowest BCUT2D eigenvalue weighted by Crippen LogP contribution is -2.41. The van der Waals surface area contributed by atoms with Crippen LogP contribution in [0.4, 0.5) is 13.2 Å². The minimum atomic E-state index is -4.26. The van der Waals surface area contributed by atoms with Gasteiger partial charge in [0.15, 0.2) is 0 Å². The number of hydrogen-bond acceptors (Lipinski definition) is 1. The molecule has 1 aliphatic heterocycles. The standard InChI is InChI=1S/C17H20F3N/c1-2-3-11-21-12-5-4-6-16(21)13-14-7-9-15(10-8-14)17(18,19)20/h1,7-10,16H,3-6,11-13H2. The number of hydrogen-bond donors (Lipinski definition) is 0. The van der Waals surface area contributed by atoms with E-state index < -0.39 is 11.7 Å². The van der Waals surface area contributed by atoms with Crippen LogP contribution in [0, 0.1) is 12.3 Å². The average molecular weight is 295 g/mol. The summed E-state index contributed by atoms with van der Waals surface area (Å²) in [6, 6.07) is 5.92. The topological polar surface area (TPSA) is 3.24 Å². The molecule has 0 bridgehead atoms. The largest absolute Gasteiger partial charge is 0.416 e. The third kappa shape index (κ3) is 4.50. The van der Waals surface area contributed by atoms with Crippen LogP contribution in [0.15, 0.2) is 24.3 Å². The normalized spacial score (nSPS) is 20.2. The molecule has 0 radical (unpaired) electrons. The fourth-order valence-electron chi connectivity index (χ4n) is 2.90. The van der Waals surface area contributed by atoms with Gasteiger partial charge in [0.2, 0.25) is 0 Å². The van der Waals surface area contributed by atoms with Gasteiger partial charge in [0.1, 0.15) is 0 Å². The third-order valence-corrected chi connectivity index (χ3v) is 4.05. The van der Waals surface area contributed by atoms with Crippen molar-refractivity contribution >= 4 is 0 Å². The molecule has 0 aliphatic carbocycles. The molecule has 1 heterocycles.